The smallest absolute Gasteiger partial charge is 0.255 e. The molecule has 0 radical (unpaired) electrons. The molecule has 0 saturated carbocycles. The van der Waals surface area contributed by atoms with E-state index >= 15 is 0 Å². The van der Waals surface area contributed by atoms with Crippen LogP contribution in [0.3, 0.4) is 0 Å². The maximum Gasteiger partial charge on any atom is 0.255 e. The van der Waals surface area contributed by atoms with E-state index in [1.165, 1.54) is 12.3 Å². The summed E-state index contributed by atoms with van der Waals surface area (Å²) in [6, 6.07) is 6.04. The fraction of sp³-hybridized carbons (Fsp3) is 0.200. The summed E-state index contributed by atoms with van der Waals surface area (Å²) in [5, 5.41) is 2.66. The van der Waals surface area contributed by atoms with E-state index in [4.69, 9.17) is 22.4 Å². The molecule has 0 aliphatic carbocycles. The van der Waals surface area contributed by atoms with Crippen molar-refractivity contribution in [3.05, 3.63) is 58.8 Å². The van der Waals surface area contributed by atoms with Gasteiger partial charge in [0.15, 0.2) is 0 Å². The van der Waals surface area contributed by atoms with Gasteiger partial charge >= 0.3 is 0 Å². The number of halogens is 1. The van der Waals surface area contributed by atoms with Crippen molar-refractivity contribution < 1.29 is 13.6 Å². The molecule has 0 spiro atoms. The second-order valence-corrected chi connectivity index (χ2v) is 4.90. The molecule has 0 bridgehead atoms. The molecule has 0 fully saturated rings. The summed E-state index contributed by atoms with van der Waals surface area (Å²) in [6.45, 7) is 1.97. The molecule has 21 heavy (non-hydrogen) atoms. The Morgan fingerprint density at radius 1 is 1.43 bits per heavy atom. The highest BCUT2D eigenvalue weighted by Gasteiger charge is 2.13. The number of thiocarbonyl (C=S) groups is 1. The van der Waals surface area contributed by atoms with Crippen molar-refractivity contribution in [1.82, 2.24) is 5.32 Å². The summed E-state index contributed by atoms with van der Waals surface area (Å²) >= 11 is 4.78. The normalized spacial score (nSPS) is 10.4. The third kappa shape index (κ3) is 3.46. The van der Waals surface area contributed by atoms with E-state index in [0.29, 0.717) is 28.9 Å². The molecule has 110 valence electrons. The van der Waals surface area contributed by atoms with Crippen molar-refractivity contribution in [3.8, 4) is 0 Å². The largest absolute Gasteiger partial charge is 0.469 e. The number of carbonyl (C=O) groups is 1. The molecule has 0 aliphatic heterocycles. The summed E-state index contributed by atoms with van der Waals surface area (Å²) < 4.78 is 19.1. The number of furan rings is 1. The van der Waals surface area contributed by atoms with Crippen LogP contribution in [-0.4, -0.2) is 10.9 Å². The first-order chi connectivity index (χ1) is 10.0. The van der Waals surface area contributed by atoms with Gasteiger partial charge in [-0.2, -0.15) is 0 Å². The Morgan fingerprint density at radius 3 is 2.81 bits per heavy atom. The van der Waals surface area contributed by atoms with Gasteiger partial charge in [0.05, 0.1) is 11.8 Å². The van der Waals surface area contributed by atoms with Gasteiger partial charge in [-0.3, -0.25) is 4.79 Å². The van der Waals surface area contributed by atoms with E-state index in [0.717, 1.165) is 0 Å². The average molecular weight is 306 g/mol. The molecule has 1 heterocycles. The number of amides is 1. The van der Waals surface area contributed by atoms with Crippen LogP contribution < -0.4 is 11.1 Å². The fourth-order valence-corrected chi connectivity index (χ4v) is 2.06. The topological polar surface area (TPSA) is 68.3 Å². The zero-order valence-electron chi connectivity index (χ0n) is 11.5. The van der Waals surface area contributed by atoms with Crippen LogP contribution in [0.2, 0.25) is 0 Å². The maximum absolute atomic E-state index is 13.9. The number of hydrogen-bond donors (Lipinski definition) is 2. The highest BCUT2D eigenvalue weighted by molar-refractivity contribution is 7.80. The first kappa shape index (κ1) is 15.2. The highest BCUT2D eigenvalue weighted by Crippen LogP contribution is 2.13. The van der Waals surface area contributed by atoms with Crippen LogP contribution in [0.5, 0.6) is 0 Å². The number of carbonyl (C=O) groups excluding carboxylic acids is 1. The quantitative estimate of drug-likeness (QED) is 0.833. The van der Waals surface area contributed by atoms with Crippen LogP contribution >= 0.6 is 12.2 Å². The van der Waals surface area contributed by atoms with E-state index in [9.17, 15) is 9.18 Å². The second-order valence-electron chi connectivity index (χ2n) is 4.46. The molecule has 0 atom stereocenters. The summed E-state index contributed by atoms with van der Waals surface area (Å²) in [6.07, 6.45) is 2.08. The van der Waals surface area contributed by atoms with Crippen molar-refractivity contribution in [2.45, 2.75) is 19.9 Å². The van der Waals surface area contributed by atoms with E-state index < -0.39 is 5.82 Å². The van der Waals surface area contributed by atoms with Crippen molar-refractivity contribution in [1.29, 1.82) is 0 Å². The van der Waals surface area contributed by atoms with Gasteiger partial charge in [0.25, 0.3) is 5.91 Å². The Labute approximate surface area is 127 Å². The monoisotopic (exact) mass is 306 g/mol. The van der Waals surface area contributed by atoms with Crippen LogP contribution in [0.25, 0.3) is 0 Å². The summed E-state index contributed by atoms with van der Waals surface area (Å²) in [5.41, 5.74) is 6.73. The molecule has 2 aromatic rings. The highest BCUT2D eigenvalue weighted by atomic mass is 32.1. The number of aryl methyl sites for hydroxylation is 1. The van der Waals surface area contributed by atoms with E-state index in [1.54, 1.807) is 18.2 Å². The zero-order chi connectivity index (χ0) is 15.4. The van der Waals surface area contributed by atoms with E-state index in [2.05, 4.69) is 5.32 Å². The molecule has 0 aliphatic rings. The van der Waals surface area contributed by atoms with Crippen LogP contribution in [-0.2, 0) is 13.0 Å². The van der Waals surface area contributed by atoms with Crippen molar-refractivity contribution in [3.63, 3.8) is 0 Å². The van der Waals surface area contributed by atoms with E-state index in [1.807, 2.05) is 6.92 Å². The van der Waals surface area contributed by atoms with Crippen LogP contribution in [0.4, 0.5) is 4.39 Å². The number of nitrogens with two attached hydrogens (primary N) is 1. The molecule has 3 N–H and O–H groups in total. The minimum Gasteiger partial charge on any atom is -0.469 e. The maximum atomic E-state index is 13.9. The Kier molecular flexibility index (Phi) is 4.70. The minimum atomic E-state index is -0.455. The predicted molar refractivity (Wildman–Crippen MR) is 81.5 cm³/mol. The van der Waals surface area contributed by atoms with Gasteiger partial charge < -0.3 is 15.5 Å². The third-order valence-corrected chi connectivity index (χ3v) is 3.32. The molecule has 1 amide bonds. The van der Waals surface area contributed by atoms with Gasteiger partial charge in [-0.1, -0.05) is 31.3 Å². The molecular weight excluding hydrogens is 291 g/mol. The zero-order valence-corrected chi connectivity index (χ0v) is 12.3. The Morgan fingerprint density at radius 2 is 2.19 bits per heavy atom. The second kappa shape index (κ2) is 6.49. The van der Waals surface area contributed by atoms with Crippen LogP contribution in [0, 0.1) is 5.82 Å². The number of hydrogen-bond acceptors (Lipinski definition) is 3. The van der Waals surface area contributed by atoms with E-state index in [-0.39, 0.29) is 17.4 Å². The summed E-state index contributed by atoms with van der Waals surface area (Å²) in [5.74, 6) is -0.140. The van der Waals surface area contributed by atoms with Gasteiger partial charge in [-0.25, -0.2) is 4.39 Å². The van der Waals surface area contributed by atoms with Gasteiger partial charge in [0.2, 0.25) is 0 Å². The lowest BCUT2D eigenvalue weighted by molar-refractivity contribution is 0.0948. The number of nitrogens with one attached hydrogen (secondary N) is 1. The Bertz CT molecular complexity index is 682. The first-order valence-electron chi connectivity index (χ1n) is 6.45. The number of rotatable bonds is 5. The molecule has 4 nitrogen and oxygen atoms in total. The Balaban J connectivity index is 2.06. The lowest BCUT2D eigenvalue weighted by atomic mass is 10.1. The van der Waals surface area contributed by atoms with Crippen LogP contribution in [0.1, 0.15) is 34.2 Å². The number of benzene rings is 1. The van der Waals surface area contributed by atoms with Crippen molar-refractivity contribution >= 4 is 23.1 Å². The lowest BCUT2D eigenvalue weighted by Gasteiger charge is -2.07. The molecule has 6 heteroatoms. The molecule has 2 rings (SSSR count). The average Bonchev–Trinajstić information content (AvgIpc) is 2.94. The molecule has 1 aromatic carbocycles. The van der Waals surface area contributed by atoms with Gasteiger partial charge in [0, 0.05) is 24.1 Å². The van der Waals surface area contributed by atoms with Gasteiger partial charge in [-0.05, 0) is 12.1 Å². The van der Waals surface area contributed by atoms with Crippen molar-refractivity contribution in [2.24, 2.45) is 5.73 Å². The SMILES string of the molecule is CCc1occc1C(=O)NCc1ccc(C(N)=S)cc1F. The van der Waals surface area contributed by atoms with Gasteiger partial charge in [-0.15, -0.1) is 0 Å². The molecule has 0 unspecified atom stereocenters. The van der Waals surface area contributed by atoms with Crippen LogP contribution in [0.15, 0.2) is 34.9 Å². The first-order valence-corrected chi connectivity index (χ1v) is 6.86. The van der Waals surface area contributed by atoms with Gasteiger partial charge in [0.1, 0.15) is 16.6 Å². The third-order valence-electron chi connectivity index (χ3n) is 3.09. The minimum absolute atomic E-state index is 0.0800. The standard InChI is InChI=1S/C15H15FN2O2S/c1-2-13-11(5-6-20-13)15(19)18-8-10-4-3-9(14(17)21)7-12(10)16/h3-7H,2,8H2,1H3,(H2,17,21)(H,18,19). The summed E-state index contributed by atoms with van der Waals surface area (Å²) in [4.78, 5) is 12.1. The molecule has 1 aromatic heterocycles. The fourth-order valence-electron chi connectivity index (χ4n) is 1.93. The molecule has 0 saturated heterocycles. The molecular formula is C15H15FN2O2S. The lowest BCUT2D eigenvalue weighted by Crippen LogP contribution is -2.24. The Hall–Kier alpha value is -2.21. The van der Waals surface area contributed by atoms with Crippen molar-refractivity contribution in [2.75, 3.05) is 0 Å². The summed E-state index contributed by atoms with van der Waals surface area (Å²) in [7, 11) is 0. The predicted octanol–water partition coefficient (Wildman–Crippen LogP) is 2.55.